The Labute approximate surface area is 162 Å². The van der Waals surface area contributed by atoms with Gasteiger partial charge in [0.25, 0.3) is 0 Å². The highest BCUT2D eigenvalue weighted by Crippen LogP contribution is 2.28. The lowest BCUT2D eigenvalue weighted by Crippen LogP contribution is -2.31. The van der Waals surface area contributed by atoms with Crippen LogP contribution in [0.3, 0.4) is 0 Å². The molecule has 0 unspecified atom stereocenters. The summed E-state index contributed by atoms with van der Waals surface area (Å²) in [5, 5.41) is 1.82. The van der Waals surface area contributed by atoms with Crippen LogP contribution in [0.4, 0.5) is 20.6 Å². The number of benzene rings is 1. The molecule has 9 heteroatoms. The van der Waals surface area contributed by atoms with Crippen molar-refractivity contribution in [2.45, 2.75) is 12.6 Å². The van der Waals surface area contributed by atoms with Crippen LogP contribution in [0.25, 0.3) is 0 Å². The molecule has 2 N–H and O–H groups in total. The molecule has 1 aromatic carbocycles. The van der Waals surface area contributed by atoms with Crippen LogP contribution in [0.2, 0.25) is 0 Å². The predicted octanol–water partition coefficient (Wildman–Crippen LogP) is 1.96. The second-order valence-electron chi connectivity index (χ2n) is 6.75. The summed E-state index contributed by atoms with van der Waals surface area (Å²) >= 11 is 0. The van der Waals surface area contributed by atoms with E-state index in [0.29, 0.717) is 50.7 Å². The molecular formula is C19H23FN4O4. The van der Waals surface area contributed by atoms with E-state index in [-0.39, 0.29) is 18.5 Å². The highest BCUT2D eigenvalue weighted by molar-refractivity contribution is 5.90. The van der Waals surface area contributed by atoms with Crippen molar-refractivity contribution in [3.05, 3.63) is 48.2 Å². The summed E-state index contributed by atoms with van der Waals surface area (Å²) in [6.07, 6.45) is 0.764. The number of nitrogens with two attached hydrogens (primary N) is 1. The Hall–Kier alpha value is -2.62. The number of halogens is 1. The number of hydroxylamine groups is 2. The monoisotopic (exact) mass is 390 g/mol. The topological polar surface area (TPSA) is 84.4 Å². The van der Waals surface area contributed by atoms with Gasteiger partial charge in [-0.25, -0.2) is 9.18 Å². The minimum absolute atomic E-state index is 0.241. The number of ether oxygens (including phenoxy) is 1. The highest BCUT2D eigenvalue weighted by Gasteiger charge is 2.32. The van der Waals surface area contributed by atoms with Gasteiger partial charge in [0, 0.05) is 26.2 Å². The number of furan rings is 1. The summed E-state index contributed by atoms with van der Waals surface area (Å²) in [5.74, 6) is 0.429. The molecule has 8 nitrogen and oxygen atoms in total. The number of cyclic esters (lactones) is 1. The SMILES string of the molecule is NC[C@H]1CN(c2ccc(N3CCON(Cc4ccco4)CC3)c(F)c2)C(=O)O1. The molecule has 1 atom stereocenters. The van der Waals surface area contributed by atoms with Crippen molar-refractivity contribution in [3.63, 3.8) is 0 Å². The smallest absolute Gasteiger partial charge is 0.414 e. The van der Waals surface area contributed by atoms with E-state index in [9.17, 15) is 9.18 Å². The third kappa shape index (κ3) is 3.96. The van der Waals surface area contributed by atoms with Crippen LogP contribution in [0, 0.1) is 5.82 Å². The Bertz CT molecular complexity index is 816. The molecule has 4 rings (SSSR count). The third-order valence-electron chi connectivity index (χ3n) is 4.89. The standard InChI is InChI=1S/C19H23FN4O4/c20-17-10-14(24-13-16(11-21)28-19(24)25)3-4-18(17)22-5-6-23(27-9-7-22)12-15-2-1-8-26-15/h1-4,8,10,16H,5-7,9,11-13,21H2/t16-/m0/s1. The Morgan fingerprint density at radius 1 is 1.21 bits per heavy atom. The molecule has 2 aliphatic heterocycles. The van der Waals surface area contributed by atoms with E-state index in [4.69, 9.17) is 19.7 Å². The van der Waals surface area contributed by atoms with Crippen LogP contribution in [-0.4, -0.2) is 56.6 Å². The van der Waals surface area contributed by atoms with Crippen LogP contribution in [0.5, 0.6) is 0 Å². The summed E-state index contributed by atoms with van der Waals surface area (Å²) in [7, 11) is 0. The average Bonchev–Trinajstić information content (AvgIpc) is 3.27. The molecule has 150 valence electrons. The van der Waals surface area contributed by atoms with E-state index in [2.05, 4.69) is 0 Å². The summed E-state index contributed by atoms with van der Waals surface area (Å²) in [6, 6.07) is 8.51. The number of nitrogens with zero attached hydrogens (tertiary/aromatic N) is 3. The number of hydrogen-bond donors (Lipinski definition) is 1. The van der Waals surface area contributed by atoms with E-state index in [1.54, 1.807) is 18.4 Å². The molecule has 1 aromatic heterocycles. The first-order valence-electron chi connectivity index (χ1n) is 9.27. The second-order valence-corrected chi connectivity index (χ2v) is 6.75. The van der Waals surface area contributed by atoms with Crippen molar-refractivity contribution in [2.75, 3.05) is 49.1 Å². The fourth-order valence-corrected chi connectivity index (χ4v) is 3.41. The zero-order valence-electron chi connectivity index (χ0n) is 15.4. The van der Waals surface area contributed by atoms with Gasteiger partial charge < -0.3 is 19.8 Å². The predicted molar refractivity (Wildman–Crippen MR) is 100 cm³/mol. The summed E-state index contributed by atoms with van der Waals surface area (Å²) in [4.78, 5) is 21.0. The maximum Gasteiger partial charge on any atom is 0.414 e. The molecule has 0 spiro atoms. The average molecular weight is 390 g/mol. The minimum atomic E-state index is -0.501. The zero-order valence-corrected chi connectivity index (χ0v) is 15.4. The van der Waals surface area contributed by atoms with Gasteiger partial charge in [0.05, 0.1) is 37.3 Å². The van der Waals surface area contributed by atoms with Crippen molar-refractivity contribution in [1.29, 1.82) is 0 Å². The second kappa shape index (κ2) is 8.17. The molecule has 0 bridgehead atoms. The minimum Gasteiger partial charge on any atom is -0.468 e. The number of anilines is 2. The Morgan fingerprint density at radius 2 is 2.11 bits per heavy atom. The number of carbonyl (C=O) groups excluding carboxylic acids is 1. The molecule has 1 amide bonds. The quantitative estimate of drug-likeness (QED) is 0.835. The van der Waals surface area contributed by atoms with Gasteiger partial charge in [0.1, 0.15) is 17.7 Å². The van der Waals surface area contributed by atoms with Crippen molar-refractivity contribution in [2.24, 2.45) is 5.73 Å². The number of amides is 1. The van der Waals surface area contributed by atoms with E-state index < -0.39 is 6.09 Å². The summed E-state index contributed by atoms with van der Waals surface area (Å²) < 4.78 is 25.3. The normalized spacial score (nSPS) is 21.1. The van der Waals surface area contributed by atoms with Gasteiger partial charge in [-0.1, -0.05) is 0 Å². The first kappa shape index (κ1) is 18.7. The molecule has 2 fully saturated rings. The summed E-state index contributed by atoms with van der Waals surface area (Å²) in [5.41, 5.74) is 6.50. The first-order valence-corrected chi connectivity index (χ1v) is 9.27. The Morgan fingerprint density at radius 3 is 2.82 bits per heavy atom. The molecule has 28 heavy (non-hydrogen) atoms. The lowest BCUT2D eigenvalue weighted by atomic mass is 10.2. The van der Waals surface area contributed by atoms with Gasteiger partial charge in [0.15, 0.2) is 0 Å². The number of hydrogen-bond acceptors (Lipinski definition) is 7. The van der Waals surface area contributed by atoms with Gasteiger partial charge in [-0.3, -0.25) is 9.74 Å². The third-order valence-corrected chi connectivity index (χ3v) is 4.89. The van der Waals surface area contributed by atoms with Gasteiger partial charge in [-0.05, 0) is 30.3 Å². The molecule has 2 aliphatic rings. The van der Waals surface area contributed by atoms with Crippen LogP contribution in [-0.2, 0) is 16.1 Å². The molecule has 2 saturated heterocycles. The van der Waals surface area contributed by atoms with Crippen LogP contribution < -0.4 is 15.5 Å². The van der Waals surface area contributed by atoms with Crippen molar-refractivity contribution in [1.82, 2.24) is 5.06 Å². The van der Waals surface area contributed by atoms with E-state index in [1.165, 1.54) is 11.0 Å². The molecular weight excluding hydrogens is 367 g/mol. The zero-order chi connectivity index (χ0) is 19.5. The molecule has 0 saturated carbocycles. The number of rotatable bonds is 5. The summed E-state index contributed by atoms with van der Waals surface area (Å²) in [6.45, 7) is 3.33. The van der Waals surface area contributed by atoms with Crippen molar-refractivity contribution in [3.8, 4) is 0 Å². The highest BCUT2D eigenvalue weighted by atomic mass is 19.1. The van der Waals surface area contributed by atoms with Gasteiger partial charge in [0.2, 0.25) is 0 Å². The Balaban J connectivity index is 1.42. The van der Waals surface area contributed by atoms with Crippen LogP contribution in [0.15, 0.2) is 41.0 Å². The fraction of sp³-hybridized carbons (Fsp3) is 0.421. The lowest BCUT2D eigenvalue weighted by Gasteiger charge is -2.23. The maximum atomic E-state index is 14.8. The van der Waals surface area contributed by atoms with Gasteiger partial charge in [-0.2, -0.15) is 5.06 Å². The number of carbonyl (C=O) groups is 1. The maximum absolute atomic E-state index is 14.8. The van der Waals surface area contributed by atoms with E-state index >= 15 is 0 Å². The van der Waals surface area contributed by atoms with Crippen LogP contribution in [0.1, 0.15) is 5.76 Å². The molecule has 2 aromatic rings. The first-order chi connectivity index (χ1) is 13.6. The van der Waals surface area contributed by atoms with Crippen molar-refractivity contribution < 1.29 is 23.2 Å². The molecule has 0 aliphatic carbocycles. The largest absolute Gasteiger partial charge is 0.468 e. The van der Waals surface area contributed by atoms with E-state index in [0.717, 1.165) is 5.76 Å². The van der Waals surface area contributed by atoms with Crippen molar-refractivity contribution >= 4 is 17.5 Å². The van der Waals surface area contributed by atoms with Gasteiger partial charge in [-0.15, -0.1) is 0 Å². The van der Waals surface area contributed by atoms with E-state index in [1.807, 2.05) is 22.1 Å². The Kier molecular flexibility index (Phi) is 5.47. The molecule has 0 radical (unpaired) electrons. The lowest BCUT2D eigenvalue weighted by molar-refractivity contribution is -0.157. The van der Waals surface area contributed by atoms with Gasteiger partial charge >= 0.3 is 6.09 Å². The fourth-order valence-electron chi connectivity index (χ4n) is 3.41. The molecule has 3 heterocycles. The van der Waals surface area contributed by atoms with Crippen LogP contribution >= 0.6 is 0 Å².